The molecule has 0 aliphatic carbocycles. The number of benzene rings is 1. The average Bonchev–Trinajstić information content (AvgIpc) is 2.85. The van der Waals surface area contributed by atoms with E-state index < -0.39 is 0 Å². The van der Waals surface area contributed by atoms with Crippen molar-refractivity contribution < 1.29 is 4.42 Å². The van der Waals surface area contributed by atoms with Gasteiger partial charge in [0, 0.05) is 35.1 Å². The van der Waals surface area contributed by atoms with Gasteiger partial charge in [0.05, 0.1) is 0 Å². The van der Waals surface area contributed by atoms with Crippen LogP contribution in [0.4, 0.5) is 0 Å². The Morgan fingerprint density at radius 1 is 1.40 bits per heavy atom. The van der Waals surface area contributed by atoms with Crippen LogP contribution in [0.2, 0.25) is 0 Å². The molecular weight excluding hydrogens is 320 g/mol. The molecule has 4 nitrogen and oxygen atoms in total. The lowest BCUT2D eigenvalue weighted by atomic mass is 10.1. The monoisotopic (exact) mass is 336 g/mol. The quantitative estimate of drug-likeness (QED) is 0.875. The Balaban J connectivity index is 2.00. The molecule has 20 heavy (non-hydrogen) atoms. The van der Waals surface area contributed by atoms with Crippen LogP contribution in [0.3, 0.4) is 0 Å². The van der Waals surface area contributed by atoms with Crippen LogP contribution in [0.15, 0.2) is 37.9 Å². The Morgan fingerprint density at radius 3 is 3.05 bits per heavy atom. The summed E-state index contributed by atoms with van der Waals surface area (Å²) in [6.45, 7) is 2.47. The van der Waals surface area contributed by atoms with Gasteiger partial charge in [0.2, 0.25) is 0 Å². The first-order chi connectivity index (χ1) is 9.67. The van der Waals surface area contributed by atoms with Crippen molar-refractivity contribution in [3.05, 3.63) is 44.7 Å². The first-order valence-electron chi connectivity index (χ1n) is 6.84. The number of fused-ring (bicyclic) bond motifs is 1. The molecule has 0 bridgehead atoms. The molecule has 5 heteroatoms. The van der Waals surface area contributed by atoms with E-state index in [0.717, 1.165) is 34.9 Å². The molecule has 0 amide bonds. The number of rotatable bonds is 3. The summed E-state index contributed by atoms with van der Waals surface area (Å²) >= 11 is 3.40. The maximum Gasteiger partial charge on any atom is 0.336 e. The van der Waals surface area contributed by atoms with E-state index in [2.05, 4.69) is 20.8 Å². The molecule has 1 fully saturated rings. The third-order valence-corrected chi connectivity index (χ3v) is 4.43. The Hall–Kier alpha value is -1.17. The highest BCUT2D eigenvalue weighted by atomic mass is 79.9. The van der Waals surface area contributed by atoms with Crippen molar-refractivity contribution in [2.24, 2.45) is 5.73 Å². The molecule has 2 heterocycles. The summed E-state index contributed by atoms with van der Waals surface area (Å²) < 4.78 is 6.18. The molecule has 0 radical (unpaired) electrons. The Bertz CT molecular complexity index is 683. The van der Waals surface area contributed by atoms with Crippen LogP contribution in [0.25, 0.3) is 11.0 Å². The van der Waals surface area contributed by atoms with Crippen LogP contribution < -0.4 is 11.4 Å². The van der Waals surface area contributed by atoms with E-state index in [1.54, 1.807) is 6.07 Å². The number of hydrogen-bond acceptors (Lipinski definition) is 4. The summed E-state index contributed by atoms with van der Waals surface area (Å²) in [5.41, 5.74) is 7.16. The fourth-order valence-electron chi connectivity index (χ4n) is 2.92. The minimum Gasteiger partial charge on any atom is -0.423 e. The van der Waals surface area contributed by atoms with Crippen LogP contribution in [0.5, 0.6) is 0 Å². The van der Waals surface area contributed by atoms with E-state index >= 15 is 0 Å². The van der Waals surface area contributed by atoms with E-state index in [0.29, 0.717) is 18.2 Å². The molecule has 1 saturated heterocycles. The normalized spacial score (nSPS) is 19.8. The number of halogens is 1. The van der Waals surface area contributed by atoms with Gasteiger partial charge >= 0.3 is 5.63 Å². The molecule has 1 aliphatic rings. The second kappa shape index (κ2) is 5.68. The Morgan fingerprint density at radius 2 is 2.25 bits per heavy atom. The maximum absolute atomic E-state index is 11.7. The summed E-state index contributed by atoms with van der Waals surface area (Å²) in [7, 11) is 0. The summed E-state index contributed by atoms with van der Waals surface area (Å²) in [5, 5.41) is 0.996. The maximum atomic E-state index is 11.7. The van der Waals surface area contributed by atoms with Gasteiger partial charge in [0.15, 0.2) is 0 Å². The molecule has 2 aromatic rings. The molecule has 106 valence electrons. The number of nitrogens with two attached hydrogens (primary N) is 1. The number of likely N-dealkylation sites (tertiary alicyclic amines) is 1. The topological polar surface area (TPSA) is 59.5 Å². The summed E-state index contributed by atoms with van der Waals surface area (Å²) in [5.74, 6) is 0. The van der Waals surface area contributed by atoms with Crippen molar-refractivity contribution in [3.8, 4) is 0 Å². The zero-order valence-corrected chi connectivity index (χ0v) is 12.7. The van der Waals surface area contributed by atoms with Crippen LogP contribution in [-0.4, -0.2) is 24.0 Å². The van der Waals surface area contributed by atoms with Crippen LogP contribution >= 0.6 is 15.9 Å². The molecule has 0 saturated carbocycles. The van der Waals surface area contributed by atoms with Crippen molar-refractivity contribution in [2.45, 2.75) is 25.4 Å². The van der Waals surface area contributed by atoms with Crippen molar-refractivity contribution in [1.82, 2.24) is 4.90 Å². The fourth-order valence-corrected chi connectivity index (χ4v) is 3.26. The third kappa shape index (κ3) is 2.66. The molecule has 1 unspecified atom stereocenters. The van der Waals surface area contributed by atoms with Crippen LogP contribution in [-0.2, 0) is 6.54 Å². The minimum atomic E-state index is -0.297. The number of hydrogen-bond donors (Lipinski definition) is 1. The predicted molar refractivity (Wildman–Crippen MR) is 82.7 cm³/mol. The highest BCUT2D eigenvalue weighted by Crippen LogP contribution is 2.25. The Kier molecular flexibility index (Phi) is 3.92. The molecule has 1 aliphatic heterocycles. The Labute approximate surface area is 125 Å². The first kappa shape index (κ1) is 13.8. The predicted octanol–water partition coefficient (Wildman–Crippen LogP) is 2.48. The van der Waals surface area contributed by atoms with Crippen LogP contribution in [0.1, 0.15) is 18.4 Å². The van der Waals surface area contributed by atoms with Gasteiger partial charge in [-0.25, -0.2) is 4.79 Å². The second-order valence-corrected chi connectivity index (χ2v) is 6.15. The smallest absolute Gasteiger partial charge is 0.336 e. The van der Waals surface area contributed by atoms with E-state index in [1.165, 1.54) is 6.42 Å². The van der Waals surface area contributed by atoms with Crippen molar-refractivity contribution in [3.63, 3.8) is 0 Å². The lowest BCUT2D eigenvalue weighted by Crippen LogP contribution is -2.35. The zero-order valence-electron chi connectivity index (χ0n) is 11.1. The van der Waals surface area contributed by atoms with Gasteiger partial charge < -0.3 is 10.2 Å². The van der Waals surface area contributed by atoms with Gasteiger partial charge in [-0.2, -0.15) is 0 Å². The highest BCUT2D eigenvalue weighted by molar-refractivity contribution is 9.10. The molecule has 0 spiro atoms. The fraction of sp³-hybridized carbons (Fsp3) is 0.400. The van der Waals surface area contributed by atoms with Gasteiger partial charge in [-0.3, -0.25) is 4.90 Å². The molecule has 3 rings (SSSR count). The number of nitrogens with zero attached hydrogens (tertiary/aromatic N) is 1. The van der Waals surface area contributed by atoms with Gasteiger partial charge in [-0.15, -0.1) is 0 Å². The van der Waals surface area contributed by atoms with E-state index in [4.69, 9.17) is 10.2 Å². The largest absolute Gasteiger partial charge is 0.423 e. The second-order valence-electron chi connectivity index (χ2n) is 5.23. The highest BCUT2D eigenvalue weighted by Gasteiger charge is 2.23. The van der Waals surface area contributed by atoms with E-state index in [-0.39, 0.29) is 5.63 Å². The molecular formula is C15H17BrN2O2. The standard InChI is InChI=1S/C15H17BrN2O2/c16-11-3-4-13-10(6-15(19)20-14(13)7-11)9-18-5-1-2-12(18)8-17/h3-4,6-7,12H,1-2,5,8-9,17H2. The van der Waals surface area contributed by atoms with Crippen molar-refractivity contribution >= 4 is 26.9 Å². The summed E-state index contributed by atoms with van der Waals surface area (Å²) in [4.78, 5) is 14.1. The average molecular weight is 337 g/mol. The molecule has 2 N–H and O–H groups in total. The van der Waals surface area contributed by atoms with Gasteiger partial charge in [0.1, 0.15) is 5.58 Å². The minimum absolute atomic E-state index is 0.297. The van der Waals surface area contributed by atoms with E-state index in [1.807, 2.05) is 18.2 Å². The van der Waals surface area contributed by atoms with Crippen molar-refractivity contribution in [2.75, 3.05) is 13.1 Å². The SMILES string of the molecule is NCC1CCCN1Cc1cc(=O)oc2cc(Br)ccc12. The van der Waals surface area contributed by atoms with Crippen molar-refractivity contribution in [1.29, 1.82) is 0 Å². The van der Waals surface area contributed by atoms with Crippen LogP contribution in [0, 0.1) is 0 Å². The van der Waals surface area contributed by atoms with E-state index in [9.17, 15) is 4.79 Å². The van der Waals surface area contributed by atoms with Gasteiger partial charge in [0.25, 0.3) is 0 Å². The molecule has 1 atom stereocenters. The lowest BCUT2D eigenvalue weighted by Gasteiger charge is -2.23. The lowest BCUT2D eigenvalue weighted by molar-refractivity contribution is 0.250. The van der Waals surface area contributed by atoms with Gasteiger partial charge in [-0.05, 0) is 43.1 Å². The summed E-state index contributed by atoms with van der Waals surface area (Å²) in [6, 6.07) is 7.82. The zero-order chi connectivity index (χ0) is 14.1. The molecule has 1 aromatic carbocycles. The third-order valence-electron chi connectivity index (χ3n) is 3.94. The first-order valence-corrected chi connectivity index (χ1v) is 7.63. The molecule has 1 aromatic heterocycles. The van der Waals surface area contributed by atoms with Gasteiger partial charge in [-0.1, -0.05) is 15.9 Å². The summed E-state index contributed by atoms with van der Waals surface area (Å²) in [6.07, 6.45) is 2.31.